The Labute approximate surface area is 101 Å². The summed E-state index contributed by atoms with van der Waals surface area (Å²) in [5.41, 5.74) is 0. The molecule has 0 aliphatic carbocycles. The Morgan fingerprint density at radius 1 is 1.44 bits per heavy atom. The molecule has 16 heavy (non-hydrogen) atoms. The number of hydrogen-bond donors (Lipinski definition) is 2. The minimum Gasteiger partial charge on any atom is -0.446 e. The average molecular weight is 273 g/mol. The van der Waals surface area contributed by atoms with Crippen molar-refractivity contribution in [2.45, 2.75) is 39.3 Å². The van der Waals surface area contributed by atoms with Gasteiger partial charge >= 0.3 is 16.3 Å². The van der Waals surface area contributed by atoms with E-state index in [1.165, 1.54) is 0 Å². The number of carbonyl (C=O) groups is 1. The van der Waals surface area contributed by atoms with Gasteiger partial charge in [-0.2, -0.15) is 13.1 Å². The molecule has 0 saturated heterocycles. The van der Waals surface area contributed by atoms with Gasteiger partial charge in [0.2, 0.25) is 0 Å². The molecule has 0 saturated carbocycles. The Morgan fingerprint density at radius 3 is 2.38 bits per heavy atom. The molecule has 0 radical (unpaired) electrons. The van der Waals surface area contributed by atoms with Crippen LogP contribution in [-0.4, -0.2) is 32.5 Å². The van der Waals surface area contributed by atoms with Crippen molar-refractivity contribution in [3.05, 3.63) is 0 Å². The number of ether oxygens (including phenoxy) is 1. The van der Waals surface area contributed by atoms with Crippen molar-refractivity contribution in [1.29, 1.82) is 0 Å². The van der Waals surface area contributed by atoms with Gasteiger partial charge in [0, 0.05) is 11.9 Å². The number of hydrogen-bond acceptors (Lipinski definition) is 4. The third kappa shape index (κ3) is 6.86. The van der Waals surface area contributed by atoms with Gasteiger partial charge in [0.25, 0.3) is 0 Å². The highest BCUT2D eigenvalue weighted by atomic mass is 35.5. The monoisotopic (exact) mass is 272 g/mol. The van der Waals surface area contributed by atoms with Gasteiger partial charge in [0.1, 0.15) is 0 Å². The summed E-state index contributed by atoms with van der Waals surface area (Å²) >= 11 is 5.52. The fourth-order valence-electron chi connectivity index (χ4n) is 0.821. The minimum absolute atomic E-state index is 0.136. The van der Waals surface area contributed by atoms with Gasteiger partial charge in [-0.25, -0.2) is 9.52 Å². The molecule has 0 aliphatic rings. The Hall–Kier alpha value is -0.530. The molecule has 0 aliphatic heterocycles. The van der Waals surface area contributed by atoms with Gasteiger partial charge in [-0.1, -0.05) is 6.92 Å². The van der Waals surface area contributed by atoms with Crippen molar-refractivity contribution < 1.29 is 17.9 Å². The molecule has 0 spiro atoms. The normalized spacial score (nSPS) is 13.6. The van der Waals surface area contributed by atoms with Crippen LogP contribution in [0, 0.1) is 0 Å². The van der Waals surface area contributed by atoms with Gasteiger partial charge in [-0.3, -0.25) is 0 Å². The lowest BCUT2D eigenvalue weighted by molar-refractivity contribution is 0.121. The van der Waals surface area contributed by atoms with Crippen LogP contribution < -0.4 is 9.44 Å². The van der Waals surface area contributed by atoms with Crippen LogP contribution in [0.5, 0.6) is 0 Å². The van der Waals surface area contributed by atoms with Crippen LogP contribution >= 0.6 is 11.6 Å². The summed E-state index contributed by atoms with van der Waals surface area (Å²) < 4.78 is 31.3. The predicted octanol–water partition coefficient (Wildman–Crippen LogP) is 0.973. The topological polar surface area (TPSA) is 84.5 Å². The van der Waals surface area contributed by atoms with E-state index in [0.29, 0.717) is 6.42 Å². The van der Waals surface area contributed by atoms with Crippen LogP contribution in [0.4, 0.5) is 4.79 Å². The molecule has 1 amide bonds. The zero-order valence-corrected chi connectivity index (χ0v) is 11.1. The van der Waals surface area contributed by atoms with E-state index in [-0.39, 0.29) is 12.0 Å². The standard InChI is InChI=1S/C8H17ClN2O4S/c1-4-7(5-9)10-16(13,14)11-8(12)15-6(2)3/h6-7,10H,4-5H2,1-3H3,(H,11,12). The van der Waals surface area contributed by atoms with E-state index in [1.807, 2.05) is 0 Å². The van der Waals surface area contributed by atoms with Gasteiger partial charge in [-0.15, -0.1) is 11.6 Å². The van der Waals surface area contributed by atoms with Crippen molar-refractivity contribution in [3.63, 3.8) is 0 Å². The fraction of sp³-hybridized carbons (Fsp3) is 0.875. The van der Waals surface area contributed by atoms with Crippen LogP contribution in [0.3, 0.4) is 0 Å². The zero-order chi connectivity index (χ0) is 12.8. The van der Waals surface area contributed by atoms with Crippen LogP contribution in [-0.2, 0) is 14.9 Å². The molecule has 0 heterocycles. The van der Waals surface area contributed by atoms with Crippen LogP contribution in [0.15, 0.2) is 0 Å². The van der Waals surface area contributed by atoms with Crippen molar-refractivity contribution in [2.75, 3.05) is 5.88 Å². The van der Waals surface area contributed by atoms with E-state index in [2.05, 4.69) is 9.46 Å². The van der Waals surface area contributed by atoms with Crippen molar-refractivity contribution in [2.24, 2.45) is 0 Å². The second kappa shape index (κ2) is 6.93. The molecule has 8 heteroatoms. The van der Waals surface area contributed by atoms with Crippen LogP contribution in [0.2, 0.25) is 0 Å². The van der Waals surface area contributed by atoms with E-state index < -0.39 is 22.3 Å². The molecule has 0 aromatic carbocycles. The first-order valence-corrected chi connectivity index (χ1v) is 6.89. The maximum atomic E-state index is 11.4. The van der Waals surface area contributed by atoms with E-state index in [9.17, 15) is 13.2 Å². The lowest BCUT2D eigenvalue weighted by atomic mass is 10.3. The maximum absolute atomic E-state index is 11.4. The second-order valence-corrected chi connectivity index (χ2v) is 5.19. The summed E-state index contributed by atoms with van der Waals surface area (Å²) in [7, 11) is -3.91. The second-order valence-electron chi connectivity index (χ2n) is 3.44. The van der Waals surface area contributed by atoms with Gasteiger partial charge in [0.05, 0.1) is 6.10 Å². The highest BCUT2D eigenvalue weighted by molar-refractivity contribution is 7.88. The van der Waals surface area contributed by atoms with Gasteiger partial charge in [0.15, 0.2) is 0 Å². The Balaban J connectivity index is 4.29. The molecular formula is C8H17ClN2O4S. The Kier molecular flexibility index (Phi) is 6.70. The molecule has 6 nitrogen and oxygen atoms in total. The maximum Gasteiger partial charge on any atom is 0.422 e. The Morgan fingerprint density at radius 2 is 2.00 bits per heavy atom. The number of halogens is 1. The van der Waals surface area contributed by atoms with E-state index in [0.717, 1.165) is 0 Å². The van der Waals surface area contributed by atoms with Gasteiger partial charge < -0.3 is 4.74 Å². The molecule has 1 atom stereocenters. The quantitative estimate of drug-likeness (QED) is 0.706. The Bertz CT molecular complexity index is 314. The number of nitrogens with one attached hydrogen (secondary N) is 2. The zero-order valence-electron chi connectivity index (χ0n) is 9.49. The third-order valence-corrected chi connectivity index (χ3v) is 3.01. The van der Waals surface area contributed by atoms with Crippen LogP contribution in [0.25, 0.3) is 0 Å². The smallest absolute Gasteiger partial charge is 0.422 e. The molecule has 0 bridgehead atoms. The fourth-order valence-corrected chi connectivity index (χ4v) is 2.22. The molecule has 2 N–H and O–H groups in total. The molecular weight excluding hydrogens is 256 g/mol. The highest BCUT2D eigenvalue weighted by Crippen LogP contribution is 1.97. The summed E-state index contributed by atoms with van der Waals surface area (Å²) in [5.74, 6) is 0.136. The van der Waals surface area contributed by atoms with Crippen molar-refractivity contribution in [3.8, 4) is 0 Å². The largest absolute Gasteiger partial charge is 0.446 e. The number of carbonyl (C=O) groups excluding carboxylic acids is 1. The van der Waals surface area contributed by atoms with E-state index in [1.54, 1.807) is 25.5 Å². The number of amides is 1. The summed E-state index contributed by atoms with van der Waals surface area (Å²) in [6.45, 7) is 5.02. The molecule has 1 unspecified atom stereocenters. The molecule has 0 aromatic rings. The third-order valence-electron chi connectivity index (χ3n) is 1.56. The minimum atomic E-state index is -3.91. The SMILES string of the molecule is CCC(CCl)NS(=O)(=O)NC(=O)OC(C)C. The molecule has 96 valence electrons. The number of rotatable bonds is 6. The summed E-state index contributed by atoms with van der Waals surface area (Å²) in [4.78, 5) is 11.0. The van der Waals surface area contributed by atoms with E-state index >= 15 is 0 Å². The molecule has 0 aromatic heterocycles. The van der Waals surface area contributed by atoms with Gasteiger partial charge in [-0.05, 0) is 20.3 Å². The first-order valence-electron chi connectivity index (χ1n) is 4.87. The summed E-state index contributed by atoms with van der Waals surface area (Å²) in [5, 5.41) is 0. The van der Waals surface area contributed by atoms with Crippen molar-refractivity contribution in [1.82, 2.24) is 9.44 Å². The highest BCUT2D eigenvalue weighted by Gasteiger charge is 2.19. The predicted molar refractivity (Wildman–Crippen MR) is 61.6 cm³/mol. The first kappa shape index (κ1) is 15.5. The molecule has 0 rings (SSSR count). The lowest BCUT2D eigenvalue weighted by Crippen LogP contribution is -2.46. The van der Waals surface area contributed by atoms with Crippen LogP contribution in [0.1, 0.15) is 27.2 Å². The first-order chi connectivity index (χ1) is 7.30. The summed E-state index contributed by atoms with van der Waals surface area (Å²) in [6.07, 6.45) is -0.860. The summed E-state index contributed by atoms with van der Waals surface area (Å²) in [6, 6.07) is -0.411. The molecule has 0 fully saturated rings. The average Bonchev–Trinajstić information content (AvgIpc) is 2.11. The lowest BCUT2D eigenvalue weighted by Gasteiger charge is -2.15. The number of alkyl halides is 1. The van der Waals surface area contributed by atoms with E-state index in [4.69, 9.17) is 11.6 Å². The van der Waals surface area contributed by atoms with Crippen molar-refractivity contribution >= 4 is 27.9 Å².